The number of rotatable bonds is 5. The molecule has 2 aromatic rings. The molecule has 0 radical (unpaired) electrons. The third-order valence-electron chi connectivity index (χ3n) is 4.15. The average molecular weight is 311 g/mol. The largest absolute Gasteiger partial charge is 0.373 e. The molecule has 120 valence electrons. The van der Waals surface area contributed by atoms with Crippen molar-refractivity contribution in [3.63, 3.8) is 0 Å². The van der Waals surface area contributed by atoms with Crippen molar-refractivity contribution in [3.8, 4) is 0 Å². The van der Waals surface area contributed by atoms with Crippen molar-refractivity contribution < 1.29 is 9.53 Å². The summed E-state index contributed by atoms with van der Waals surface area (Å²) in [5.74, 6) is 0.838. The smallest absolute Gasteiger partial charge is 0.254 e. The van der Waals surface area contributed by atoms with E-state index in [4.69, 9.17) is 4.74 Å². The van der Waals surface area contributed by atoms with Crippen LogP contribution in [0.15, 0.2) is 48.7 Å². The van der Waals surface area contributed by atoms with Crippen molar-refractivity contribution in [2.75, 3.05) is 25.5 Å². The summed E-state index contributed by atoms with van der Waals surface area (Å²) < 4.78 is 5.90. The topological polar surface area (TPSA) is 63.2 Å². The summed E-state index contributed by atoms with van der Waals surface area (Å²) in [7, 11) is 1.62. The molecule has 1 fully saturated rings. The Balaban J connectivity index is 1.70. The van der Waals surface area contributed by atoms with Gasteiger partial charge in [-0.05, 0) is 24.1 Å². The Kier molecular flexibility index (Phi) is 4.88. The van der Waals surface area contributed by atoms with E-state index in [0.29, 0.717) is 17.3 Å². The number of ether oxygens (including phenoxy) is 1. The van der Waals surface area contributed by atoms with Gasteiger partial charge in [-0.15, -0.1) is 0 Å². The number of aromatic nitrogens is 1. The highest BCUT2D eigenvalue weighted by Crippen LogP contribution is 2.34. The van der Waals surface area contributed by atoms with Crippen LogP contribution in [0.3, 0.4) is 0 Å². The normalized spacial score (nSPS) is 20.2. The standard InChI is InChI=1S/C18H21N3O2/c1-19-18(22)15-8-5-10-20-17(15)21-12-14-9-11-23-16(14)13-6-3-2-4-7-13/h2-8,10,14,16H,9,11-12H2,1H3,(H,19,22)(H,20,21). The molecule has 2 atom stereocenters. The number of nitrogens with zero attached hydrogens (tertiary/aromatic N) is 1. The Morgan fingerprint density at radius 3 is 2.87 bits per heavy atom. The van der Waals surface area contributed by atoms with Gasteiger partial charge in [0.2, 0.25) is 0 Å². The molecule has 0 saturated carbocycles. The second-order valence-corrected chi connectivity index (χ2v) is 5.61. The summed E-state index contributed by atoms with van der Waals surface area (Å²) in [4.78, 5) is 16.2. The van der Waals surface area contributed by atoms with Crippen LogP contribution >= 0.6 is 0 Å². The van der Waals surface area contributed by atoms with Gasteiger partial charge in [0.1, 0.15) is 5.82 Å². The first-order chi connectivity index (χ1) is 11.3. The molecule has 1 amide bonds. The first kappa shape index (κ1) is 15.5. The molecular weight excluding hydrogens is 290 g/mol. The number of hydrogen-bond donors (Lipinski definition) is 2. The fraction of sp³-hybridized carbons (Fsp3) is 0.333. The first-order valence-electron chi connectivity index (χ1n) is 7.87. The van der Waals surface area contributed by atoms with Gasteiger partial charge in [-0.1, -0.05) is 30.3 Å². The van der Waals surface area contributed by atoms with Crippen LogP contribution in [-0.2, 0) is 4.74 Å². The quantitative estimate of drug-likeness (QED) is 0.891. The summed E-state index contributed by atoms with van der Waals surface area (Å²) in [6, 6.07) is 13.8. The number of carbonyl (C=O) groups excluding carboxylic acids is 1. The summed E-state index contributed by atoms with van der Waals surface area (Å²) in [5.41, 5.74) is 1.76. The minimum atomic E-state index is -0.136. The minimum Gasteiger partial charge on any atom is -0.373 e. The van der Waals surface area contributed by atoms with E-state index in [1.54, 1.807) is 25.4 Å². The van der Waals surface area contributed by atoms with E-state index in [1.165, 1.54) is 5.56 Å². The third-order valence-corrected chi connectivity index (χ3v) is 4.15. The summed E-state index contributed by atoms with van der Waals surface area (Å²) in [6.07, 6.45) is 2.78. The van der Waals surface area contributed by atoms with Crippen molar-refractivity contribution in [2.24, 2.45) is 5.92 Å². The van der Waals surface area contributed by atoms with E-state index in [1.807, 2.05) is 18.2 Å². The molecule has 1 aliphatic heterocycles. The Morgan fingerprint density at radius 1 is 1.26 bits per heavy atom. The predicted octanol–water partition coefficient (Wildman–Crippen LogP) is 2.63. The molecule has 1 aromatic carbocycles. The number of carbonyl (C=O) groups is 1. The fourth-order valence-corrected chi connectivity index (χ4v) is 2.95. The zero-order chi connectivity index (χ0) is 16.1. The van der Waals surface area contributed by atoms with Gasteiger partial charge in [0.15, 0.2) is 0 Å². The second-order valence-electron chi connectivity index (χ2n) is 5.61. The molecule has 0 bridgehead atoms. The Bertz CT molecular complexity index is 660. The van der Waals surface area contributed by atoms with Crippen molar-refractivity contribution >= 4 is 11.7 Å². The zero-order valence-corrected chi connectivity index (χ0v) is 13.2. The molecule has 2 unspecified atom stereocenters. The van der Waals surface area contributed by atoms with Crippen LogP contribution in [0.4, 0.5) is 5.82 Å². The summed E-state index contributed by atoms with van der Waals surface area (Å²) in [6.45, 7) is 1.48. The highest BCUT2D eigenvalue weighted by Gasteiger charge is 2.29. The number of pyridine rings is 1. The Hall–Kier alpha value is -2.40. The highest BCUT2D eigenvalue weighted by atomic mass is 16.5. The van der Waals surface area contributed by atoms with E-state index in [0.717, 1.165) is 19.6 Å². The van der Waals surface area contributed by atoms with Gasteiger partial charge in [-0.3, -0.25) is 4.79 Å². The molecule has 3 rings (SSSR count). The Labute approximate surface area is 136 Å². The van der Waals surface area contributed by atoms with Gasteiger partial charge in [0, 0.05) is 32.3 Å². The second kappa shape index (κ2) is 7.24. The monoisotopic (exact) mass is 311 g/mol. The lowest BCUT2D eigenvalue weighted by Crippen LogP contribution is -2.23. The van der Waals surface area contributed by atoms with Crippen molar-refractivity contribution in [3.05, 3.63) is 59.8 Å². The molecule has 2 heterocycles. The van der Waals surface area contributed by atoms with Crippen LogP contribution in [0, 0.1) is 5.92 Å². The number of nitrogens with one attached hydrogen (secondary N) is 2. The van der Waals surface area contributed by atoms with E-state index in [2.05, 4.69) is 27.8 Å². The molecule has 2 N–H and O–H groups in total. The number of hydrogen-bond acceptors (Lipinski definition) is 4. The van der Waals surface area contributed by atoms with Crippen LogP contribution in [0.2, 0.25) is 0 Å². The van der Waals surface area contributed by atoms with Crippen LogP contribution in [-0.4, -0.2) is 31.1 Å². The van der Waals surface area contributed by atoms with Gasteiger partial charge in [0.05, 0.1) is 11.7 Å². The minimum absolute atomic E-state index is 0.0934. The lowest BCUT2D eigenvalue weighted by Gasteiger charge is -2.20. The molecule has 0 aliphatic carbocycles. The van der Waals surface area contributed by atoms with Crippen molar-refractivity contribution in [1.29, 1.82) is 0 Å². The molecule has 5 heteroatoms. The van der Waals surface area contributed by atoms with Gasteiger partial charge in [-0.25, -0.2) is 4.98 Å². The molecule has 0 spiro atoms. The maximum Gasteiger partial charge on any atom is 0.254 e. The van der Waals surface area contributed by atoms with E-state index in [-0.39, 0.29) is 12.0 Å². The highest BCUT2D eigenvalue weighted by molar-refractivity contribution is 5.98. The summed E-state index contributed by atoms with van der Waals surface area (Å²) in [5, 5.41) is 5.96. The third kappa shape index (κ3) is 3.51. The maximum absolute atomic E-state index is 11.9. The number of anilines is 1. The number of amides is 1. The van der Waals surface area contributed by atoms with Crippen molar-refractivity contribution in [1.82, 2.24) is 10.3 Å². The maximum atomic E-state index is 11.9. The van der Waals surface area contributed by atoms with E-state index >= 15 is 0 Å². The molecule has 1 aliphatic rings. The first-order valence-corrected chi connectivity index (χ1v) is 7.87. The lowest BCUT2D eigenvalue weighted by molar-refractivity contribution is 0.0933. The van der Waals surface area contributed by atoms with Crippen molar-refractivity contribution in [2.45, 2.75) is 12.5 Å². The molecule has 1 saturated heterocycles. The van der Waals surface area contributed by atoms with Crippen LogP contribution in [0.5, 0.6) is 0 Å². The van der Waals surface area contributed by atoms with E-state index < -0.39 is 0 Å². The fourth-order valence-electron chi connectivity index (χ4n) is 2.95. The molecule has 5 nitrogen and oxygen atoms in total. The van der Waals surface area contributed by atoms with Gasteiger partial charge in [-0.2, -0.15) is 0 Å². The summed E-state index contributed by atoms with van der Waals surface area (Å²) >= 11 is 0. The van der Waals surface area contributed by atoms with Crippen LogP contribution in [0.25, 0.3) is 0 Å². The van der Waals surface area contributed by atoms with Gasteiger partial charge >= 0.3 is 0 Å². The van der Waals surface area contributed by atoms with Gasteiger partial charge in [0.25, 0.3) is 5.91 Å². The molecule has 1 aromatic heterocycles. The van der Waals surface area contributed by atoms with Gasteiger partial charge < -0.3 is 15.4 Å². The molecule has 23 heavy (non-hydrogen) atoms. The molecular formula is C18H21N3O2. The van der Waals surface area contributed by atoms with E-state index in [9.17, 15) is 4.79 Å². The SMILES string of the molecule is CNC(=O)c1cccnc1NCC1CCOC1c1ccccc1. The van der Waals surface area contributed by atoms with Crippen LogP contribution < -0.4 is 10.6 Å². The predicted molar refractivity (Wildman–Crippen MR) is 89.4 cm³/mol. The lowest BCUT2D eigenvalue weighted by atomic mass is 9.95. The van der Waals surface area contributed by atoms with Crippen LogP contribution in [0.1, 0.15) is 28.4 Å². The number of benzene rings is 1. The Morgan fingerprint density at radius 2 is 2.09 bits per heavy atom. The average Bonchev–Trinajstić information content (AvgIpc) is 3.09. The zero-order valence-electron chi connectivity index (χ0n) is 13.2.